The fourth-order valence-corrected chi connectivity index (χ4v) is 3.49. The monoisotopic (exact) mass is 395 g/mol. The zero-order chi connectivity index (χ0) is 16.4. The fraction of sp³-hybridized carbons (Fsp3) is 0.278. The predicted molar refractivity (Wildman–Crippen MR) is 93.5 cm³/mol. The molecule has 1 aliphatic rings. The van der Waals surface area contributed by atoms with E-state index in [0.29, 0.717) is 42.1 Å². The Morgan fingerprint density at radius 2 is 1.70 bits per heavy atom. The van der Waals surface area contributed by atoms with Gasteiger partial charge in [0.25, 0.3) is 5.91 Å². The molecule has 5 heteroatoms. The molecule has 23 heavy (non-hydrogen) atoms. The maximum Gasteiger partial charge on any atom is 0.255 e. The van der Waals surface area contributed by atoms with Gasteiger partial charge >= 0.3 is 0 Å². The largest absolute Gasteiger partial charge is 0.338 e. The van der Waals surface area contributed by atoms with E-state index in [0.717, 1.165) is 4.47 Å². The standard InChI is InChI=1S/C18H16BrClFNO/c19-16-4-2-1-3-15(16)17(23)22-11-9-18(21,10-12-22)13-5-7-14(20)8-6-13/h1-8H,9-12H2. The number of halogens is 3. The lowest BCUT2D eigenvalue weighted by Crippen LogP contribution is -2.43. The summed E-state index contributed by atoms with van der Waals surface area (Å²) >= 11 is 9.26. The molecule has 1 aliphatic heterocycles. The molecule has 0 radical (unpaired) electrons. The second-order valence-corrected chi connectivity index (χ2v) is 7.04. The van der Waals surface area contributed by atoms with E-state index in [2.05, 4.69) is 15.9 Å². The van der Waals surface area contributed by atoms with E-state index in [9.17, 15) is 4.79 Å². The van der Waals surface area contributed by atoms with Gasteiger partial charge < -0.3 is 4.90 Å². The lowest BCUT2D eigenvalue weighted by atomic mass is 9.86. The van der Waals surface area contributed by atoms with Crippen molar-refractivity contribution in [3.63, 3.8) is 0 Å². The number of hydrogen-bond donors (Lipinski definition) is 0. The van der Waals surface area contributed by atoms with Crippen LogP contribution in [0.25, 0.3) is 0 Å². The Balaban J connectivity index is 1.72. The van der Waals surface area contributed by atoms with Gasteiger partial charge in [-0.15, -0.1) is 0 Å². The molecular weight excluding hydrogens is 381 g/mol. The van der Waals surface area contributed by atoms with Crippen molar-refractivity contribution in [1.29, 1.82) is 0 Å². The zero-order valence-electron chi connectivity index (χ0n) is 12.4. The Morgan fingerprint density at radius 1 is 1.09 bits per heavy atom. The van der Waals surface area contributed by atoms with E-state index in [1.807, 2.05) is 18.2 Å². The van der Waals surface area contributed by atoms with E-state index >= 15 is 4.39 Å². The van der Waals surface area contributed by atoms with Gasteiger partial charge in [0, 0.05) is 35.4 Å². The number of carbonyl (C=O) groups is 1. The van der Waals surface area contributed by atoms with Crippen molar-refractivity contribution >= 4 is 33.4 Å². The summed E-state index contributed by atoms with van der Waals surface area (Å²) in [6, 6.07) is 14.2. The summed E-state index contributed by atoms with van der Waals surface area (Å²) in [7, 11) is 0. The topological polar surface area (TPSA) is 20.3 Å². The average molecular weight is 397 g/mol. The van der Waals surface area contributed by atoms with E-state index < -0.39 is 5.67 Å². The van der Waals surface area contributed by atoms with E-state index in [1.165, 1.54) is 0 Å². The highest BCUT2D eigenvalue weighted by molar-refractivity contribution is 9.10. The van der Waals surface area contributed by atoms with Gasteiger partial charge in [0.05, 0.1) is 5.56 Å². The Morgan fingerprint density at radius 3 is 2.30 bits per heavy atom. The van der Waals surface area contributed by atoms with Crippen LogP contribution < -0.4 is 0 Å². The van der Waals surface area contributed by atoms with E-state index in [1.54, 1.807) is 35.2 Å². The Labute approximate surface area is 148 Å². The van der Waals surface area contributed by atoms with Crippen molar-refractivity contribution in [2.24, 2.45) is 0 Å². The highest BCUT2D eigenvalue weighted by atomic mass is 79.9. The molecule has 1 amide bonds. The molecule has 0 aromatic heterocycles. The van der Waals surface area contributed by atoms with Crippen LogP contribution in [-0.2, 0) is 5.67 Å². The quantitative estimate of drug-likeness (QED) is 0.683. The number of likely N-dealkylation sites (tertiary alicyclic amines) is 1. The first-order valence-electron chi connectivity index (χ1n) is 7.48. The van der Waals surface area contributed by atoms with Gasteiger partial charge in [0.2, 0.25) is 0 Å². The van der Waals surface area contributed by atoms with Gasteiger partial charge in [0.1, 0.15) is 5.67 Å². The van der Waals surface area contributed by atoms with Gasteiger partial charge in [-0.05, 0) is 45.8 Å². The van der Waals surface area contributed by atoms with Crippen molar-refractivity contribution in [1.82, 2.24) is 4.90 Å². The summed E-state index contributed by atoms with van der Waals surface area (Å²) < 4.78 is 15.9. The summed E-state index contributed by atoms with van der Waals surface area (Å²) in [4.78, 5) is 14.3. The molecule has 2 aromatic carbocycles. The summed E-state index contributed by atoms with van der Waals surface area (Å²) in [6.45, 7) is 0.804. The number of nitrogens with zero attached hydrogens (tertiary/aromatic N) is 1. The molecule has 2 nitrogen and oxygen atoms in total. The molecule has 2 aromatic rings. The Kier molecular flexibility index (Phi) is 4.74. The van der Waals surface area contributed by atoms with Gasteiger partial charge in [-0.1, -0.05) is 35.9 Å². The van der Waals surface area contributed by atoms with E-state index in [-0.39, 0.29) is 5.91 Å². The number of hydrogen-bond acceptors (Lipinski definition) is 1. The first-order chi connectivity index (χ1) is 11.0. The summed E-state index contributed by atoms with van der Waals surface area (Å²) in [5.41, 5.74) is -0.143. The second kappa shape index (κ2) is 6.62. The molecule has 0 aliphatic carbocycles. The lowest BCUT2D eigenvalue weighted by molar-refractivity contribution is 0.0421. The molecule has 0 N–H and O–H groups in total. The Bertz CT molecular complexity index is 711. The normalized spacial score (nSPS) is 17.1. The molecule has 0 spiro atoms. The highest BCUT2D eigenvalue weighted by Crippen LogP contribution is 2.37. The van der Waals surface area contributed by atoms with Gasteiger partial charge in [0.15, 0.2) is 0 Å². The third-order valence-electron chi connectivity index (χ3n) is 4.31. The maximum atomic E-state index is 15.2. The SMILES string of the molecule is O=C(c1ccccc1Br)N1CCC(F)(c2ccc(Cl)cc2)CC1. The summed E-state index contributed by atoms with van der Waals surface area (Å²) in [5.74, 6) is -0.0596. The second-order valence-electron chi connectivity index (χ2n) is 5.74. The lowest BCUT2D eigenvalue weighted by Gasteiger charge is -2.37. The van der Waals surface area contributed by atoms with Crippen molar-refractivity contribution < 1.29 is 9.18 Å². The first-order valence-corrected chi connectivity index (χ1v) is 8.65. The number of piperidine rings is 1. The van der Waals surface area contributed by atoms with Crippen molar-refractivity contribution in [3.05, 3.63) is 69.2 Å². The number of carbonyl (C=O) groups excluding carboxylic acids is 1. The molecule has 1 saturated heterocycles. The Hall–Kier alpha value is -1.39. The molecular formula is C18H16BrClFNO. The van der Waals surface area contributed by atoms with Crippen LogP contribution in [0.3, 0.4) is 0 Å². The summed E-state index contributed by atoms with van der Waals surface area (Å²) in [5, 5.41) is 0.596. The smallest absolute Gasteiger partial charge is 0.255 e. The van der Waals surface area contributed by atoms with Crippen LogP contribution in [0.1, 0.15) is 28.8 Å². The summed E-state index contributed by atoms with van der Waals surface area (Å²) in [6.07, 6.45) is 0.593. The van der Waals surface area contributed by atoms with Crippen LogP contribution >= 0.6 is 27.5 Å². The van der Waals surface area contributed by atoms with Crippen LogP contribution in [-0.4, -0.2) is 23.9 Å². The minimum Gasteiger partial charge on any atom is -0.338 e. The third kappa shape index (κ3) is 3.43. The fourth-order valence-electron chi connectivity index (χ4n) is 2.91. The van der Waals surface area contributed by atoms with Crippen molar-refractivity contribution in [2.45, 2.75) is 18.5 Å². The number of benzene rings is 2. The zero-order valence-corrected chi connectivity index (χ0v) is 14.8. The van der Waals surface area contributed by atoms with Crippen LogP contribution in [0.5, 0.6) is 0 Å². The van der Waals surface area contributed by atoms with Crippen molar-refractivity contribution in [3.8, 4) is 0 Å². The highest BCUT2D eigenvalue weighted by Gasteiger charge is 2.37. The predicted octanol–water partition coefficient (Wildman–Crippen LogP) is 5.20. The van der Waals surface area contributed by atoms with Crippen LogP contribution in [0.4, 0.5) is 4.39 Å². The molecule has 1 heterocycles. The van der Waals surface area contributed by atoms with Crippen molar-refractivity contribution in [2.75, 3.05) is 13.1 Å². The molecule has 1 fully saturated rings. The molecule has 0 bridgehead atoms. The number of rotatable bonds is 2. The molecule has 0 atom stereocenters. The number of amides is 1. The minimum atomic E-state index is -1.39. The first kappa shape index (κ1) is 16.5. The van der Waals surface area contributed by atoms with E-state index in [4.69, 9.17) is 11.6 Å². The molecule has 0 saturated carbocycles. The third-order valence-corrected chi connectivity index (χ3v) is 5.25. The van der Waals surface area contributed by atoms with Gasteiger partial charge in [-0.3, -0.25) is 4.79 Å². The molecule has 120 valence electrons. The maximum absolute atomic E-state index is 15.2. The van der Waals surface area contributed by atoms with Crippen LogP contribution in [0.2, 0.25) is 5.02 Å². The van der Waals surface area contributed by atoms with Crippen LogP contribution in [0.15, 0.2) is 53.0 Å². The average Bonchev–Trinajstić information content (AvgIpc) is 2.56. The van der Waals surface area contributed by atoms with Gasteiger partial charge in [-0.2, -0.15) is 0 Å². The molecule has 3 rings (SSSR count). The minimum absolute atomic E-state index is 0.0596. The van der Waals surface area contributed by atoms with Crippen LogP contribution in [0, 0.1) is 0 Å². The molecule has 0 unspecified atom stereocenters. The van der Waals surface area contributed by atoms with Gasteiger partial charge in [-0.25, -0.2) is 4.39 Å². The number of alkyl halides is 1.